The normalized spacial score (nSPS) is 11.6. The van der Waals surface area contributed by atoms with Crippen LogP contribution in [-0.2, 0) is 12.0 Å². The van der Waals surface area contributed by atoms with E-state index in [1.807, 2.05) is 13.1 Å². The molecule has 0 aliphatic rings. The fourth-order valence-electron chi connectivity index (χ4n) is 1.58. The number of rotatable bonds is 3. The Morgan fingerprint density at radius 2 is 2.11 bits per heavy atom. The van der Waals surface area contributed by atoms with Gasteiger partial charge in [0.2, 0.25) is 0 Å². The third kappa shape index (κ3) is 3.76. The van der Waals surface area contributed by atoms with Crippen molar-refractivity contribution in [2.45, 2.75) is 39.7 Å². The van der Waals surface area contributed by atoms with E-state index in [0.29, 0.717) is 0 Å². The molecule has 0 bridgehead atoms. The molecule has 0 fully saturated rings. The molecule has 0 aromatic carbocycles. The van der Waals surface area contributed by atoms with Crippen LogP contribution in [0.5, 0.6) is 0 Å². The van der Waals surface area contributed by atoms with Gasteiger partial charge < -0.3 is 5.32 Å². The van der Waals surface area contributed by atoms with E-state index < -0.39 is 0 Å². The van der Waals surface area contributed by atoms with Crippen molar-refractivity contribution in [3.8, 4) is 0 Å². The summed E-state index contributed by atoms with van der Waals surface area (Å²) in [6.07, 6.45) is 1.83. The minimum absolute atomic E-state index is 0.124. The number of aryl methyl sites for hydroxylation is 1. The molecule has 19 heavy (non-hydrogen) atoms. The van der Waals surface area contributed by atoms with Gasteiger partial charge in [-0.2, -0.15) is 0 Å². The zero-order valence-electron chi connectivity index (χ0n) is 11.6. The molecule has 0 spiro atoms. The number of anilines is 1. The lowest BCUT2D eigenvalue weighted by atomic mass is 9.98. The molecule has 0 aliphatic heterocycles. The Hall–Kier alpha value is -0.940. The van der Waals surface area contributed by atoms with Crippen LogP contribution in [0, 0.1) is 6.92 Å². The molecular weight excluding hydrogens is 322 g/mol. The summed E-state index contributed by atoms with van der Waals surface area (Å²) in [5.74, 6) is 0. The maximum Gasteiger partial charge on any atom is 0.109 e. The smallest absolute Gasteiger partial charge is 0.109 e. The monoisotopic (exact) mass is 339 g/mol. The molecule has 2 rings (SSSR count). The van der Waals surface area contributed by atoms with Crippen molar-refractivity contribution in [3.05, 3.63) is 38.5 Å². The van der Waals surface area contributed by atoms with Crippen LogP contribution in [0.4, 0.5) is 5.69 Å². The highest BCUT2D eigenvalue weighted by atomic mass is 79.9. The van der Waals surface area contributed by atoms with Gasteiger partial charge in [0.1, 0.15) is 4.60 Å². The van der Waals surface area contributed by atoms with E-state index in [1.165, 1.54) is 5.01 Å². The van der Waals surface area contributed by atoms with E-state index in [4.69, 9.17) is 0 Å². The van der Waals surface area contributed by atoms with Crippen LogP contribution in [0.2, 0.25) is 0 Å². The molecule has 1 N–H and O–H groups in total. The Labute approximate surface area is 126 Å². The number of hydrogen-bond donors (Lipinski definition) is 1. The highest BCUT2D eigenvalue weighted by Gasteiger charge is 2.17. The van der Waals surface area contributed by atoms with Crippen LogP contribution in [0.25, 0.3) is 0 Å². The molecule has 2 heterocycles. The van der Waals surface area contributed by atoms with Gasteiger partial charge in [0, 0.05) is 10.8 Å². The Kier molecular flexibility index (Phi) is 4.26. The first kappa shape index (κ1) is 14.5. The van der Waals surface area contributed by atoms with Crippen LogP contribution in [0.3, 0.4) is 0 Å². The lowest BCUT2D eigenvalue weighted by Crippen LogP contribution is -2.11. The maximum absolute atomic E-state index is 4.66. The van der Waals surface area contributed by atoms with E-state index in [9.17, 15) is 0 Å². The van der Waals surface area contributed by atoms with Gasteiger partial charge in [0.15, 0.2) is 0 Å². The fourth-order valence-corrected chi connectivity index (χ4v) is 2.70. The van der Waals surface area contributed by atoms with Gasteiger partial charge in [-0.25, -0.2) is 9.97 Å². The van der Waals surface area contributed by atoms with Gasteiger partial charge in [0.05, 0.1) is 29.1 Å². The highest BCUT2D eigenvalue weighted by Crippen LogP contribution is 2.26. The Balaban J connectivity index is 2.02. The molecule has 102 valence electrons. The number of nitrogens with zero attached hydrogens (tertiary/aromatic N) is 2. The highest BCUT2D eigenvalue weighted by molar-refractivity contribution is 9.10. The standard InChI is InChI=1S/C14H18BrN3S/c1-9-5-10(6-17-12(9)15)16-7-11-8-19-13(18-11)14(2,3)4/h5-6,8,16H,7H2,1-4H3. The van der Waals surface area contributed by atoms with E-state index >= 15 is 0 Å². The molecule has 3 nitrogen and oxygen atoms in total. The van der Waals surface area contributed by atoms with Crippen molar-refractivity contribution in [1.29, 1.82) is 0 Å². The number of thiazole rings is 1. The van der Waals surface area contributed by atoms with Crippen molar-refractivity contribution in [3.63, 3.8) is 0 Å². The van der Waals surface area contributed by atoms with Gasteiger partial charge >= 0.3 is 0 Å². The lowest BCUT2D eigenvalue weighted by molar-refractivity contribution is 0.583. The SMILES string of the molecule is Cc1cc(NCc2csc(C(C)(C)C)n2)cnc1Br. The van der Waals surface area contributed by atoms with Gasteiger partial charge in [-0.1, -0.05) is 20.8 Å². The van der Waals surface area contributed by atoms with Crippen molar-refractivity contribution < 1.29 is 0 Å². The molecular formula is C14H18BrN3S. The first-order valence-electron chi connectivity index (χ1n) is 6.17. The average molecular weight is 340 g/mol. The van der Waals surface area contributed by atoms with Gasteiger partial charge in [0.25, 0.3) is 0 Å². The zero-order chi connectivity index (χ0) is 14.0. The van der Waals surface area contributed by atoms with Crippen molar-refractivity contribution >= 4 is 33.0 Å². The fraction of sp³-hybridized carbons (Fsp3) is 0.429. The summed E-state index contributed by atoms with van der Waals surface area (Å²) in [6.45, 7) is 9.32. The van der Waals surface area contributed by atoms with Crippen molar-refractivity contribution in [2.75, 3.05) is 5.32 Å². The summed E-state index contributed by atoms with van der Waals surface area (Å²) in [5.41, 5.74) is 3.35. The van der Waals surface area contributed by atoms with Crippen LogP contribution in [0.1, 0.15) is 37.0 Å². The second-order valence-corrected chi connectivity index (χ2v) is 7.19. The minimum Gasteiger partial charge on any atom is -0.378 e. The quantitative estimate of drug-likeness (QED) is 0.835. The zero-order valence-corrected chi connectivity index (χ0v) is 14.0. The van der Waals surface area contributed by atoms with Crippen LogP contribution in [-0.4, -0.2) is 9.97 Å². The molecule has 0 saturated carbocycles. The Bertz CT molecular complexity index is 572. The van der Waals surface area contributed by atoms with Crippen LogP contribution < -0.4 is 5.32 Å². The van der Waals surface area contributed by atoms with Gasteiger partial charge in [-0.05, 0) is 34.5 Å². The third-order valence-electron chi connectivity index (χ3n) is 2.68. The van der Waals surface area contributed by atoms with Gasteiger partial charge in [-0.15, -0.1) is 11.3 Å². The van der Waals surface area contributed by atoms with E-state index in [1.54, 1.807) is 11.3 Å². The molecule has 0 amide bonds. The molecule has 0 unspecified atom stereocenters. The summed E-state index contributed by atoms with van der Waals surface area (Å²) >= 11 is 5.12. The summed E-state index contributed by atoms with van der Waals surface area (Å²) in [6, 6.07) is 2.08. The summed E-state index contributed by atoms with van der Waals surface area (Å²) in [4.78, 5) is 8.93. The molecule has 2 aromatic rings. The van der Waals surface area contributed by atoms with E-state index in [-0.39, 0.29) is 5.41 Å². The predicted molar refractivity (Wildman–Crippen MR) is 84.8 cm³/mol. The summed E-state index contributed by atoms with van der Waals surface area (Å²) in [7, 11) is 0. The predicted octanol–water partition coefficient (Wildman–Crippen LogP) is 4.52. The topological polar surface area (TPSA) is 37.8 Å². The number of aromatic nitrogens is 2. The molecule has 5 heteroatoms. The lowest BCUT2D eigenvalue weighted by Gasteiger charge is -2.13. The number of hydrogen-bond acceptors (Lipinski definition) is 4. The Morgan fingerprint density at radius 3 is 2.68 bits per heavy atom. The first-order chi connectivity index (χ1) is 8.86. The second-order valence-electron chi connectivity index (χ2n) is 5.58. The average Bonchev–Trinajstić information content (AvgIpc) is 2.79. The molecule has 0 radical (unpaired) electrons. The van der Waals surface area contributed by atoms with Crippen LogP contribution >= 0.6 is 27.3 Å². The second kappa shape index (κ2) is 5.59. The van der Waals surface area contributed by atoms with Crippen molar-refractivity contribution in [2.24, 2.45) is 0 Å². The number of nitrogens with one attached hydrogen (secondary N) is 1. The van der Waals surface area contributed by atoms with Gasteiger partial charge in [-0.3, -0.25) is 0 Å². The molecule has 0 atom stereocenters. The molecule has 2 aromatic heterocycles. The number of pyridine rings is 1. The summed E-state index contributed by atoms with van der Waals surface area (Å²) < 4.78 is 0.890. The molecule has 0 aliphatic carbocycles. The largest absolute Gasteiger partial charge is 0.378 e. The maximum atomic E-state index is 4.66. The number of halogens is 1. The van der Waals surface area contributed by atoms with Crippen LogP contribution in [0.15, 0.2) is 22.2 Å². The molecule has 0 saturated heterocycles. The minimum atomic E-state index is 0.124. The Morgan fingerprint density at radius 1 is 1.37 bits per heavy atom. The summed E-state index contributed by atoms with van der Waals surface area (Å²) in [5, 5.41) is 6.65. The van der Waals surface area contributed by atoms with E-state index in [2.05, 4.69) is 63.4 Å². The third-order valence-corrected chi connectivity index (χ3v) is 4.83. The van der Waals surface area contributed by atoms with Crippen molar-refractivity contribution in [1.82, 2.24) is 9.97 Å². The van der Waals surface area contributed by atoms with E-state index in [0.717, 1.165) is 28.1 Å². The first-order valence-corrected chi connectivity index (χ1v) is 7.84.